The molecule has 0 aliphatic heterocycles. The van der Waals surface area contributed by atoms with Crippen molar-refractivity contribution in [1.29, 1.82) is 0 Å². The Hall–Kier alpha value is -1.46. The van der Waals surface area contributed by atoms with Gasteiger partial charge < -0.3 is 5.11 Å². The van der Waals surface area contributed by atoms with E-state index in [1.54, 1.807) is 6.92 Å². The Morgan fingerprint density at radius 2 is 2.27 bits per heavy atom. The van der Waals surface area contributed by atoms with E-state index < -0.39 is 18.3 Å². The van der Waals surface area contributed by atoms with Crippen LogP contribution >= 0.6 is 0 Å². The highest BCUT2D eigenvalue weighted by Crippen LogP contribution is 2.28. The second-order valence-electron chi connectivity index (χ2n) is 3.44. The lowest BCUT2D eigenvalue weighted by Gasteiger charge is -2.07. The number of aryl methyl sites for hydroxylation is 1. The van der Waals surface area contributed by atoms with E-state index in [0.717, 1.165) is 0 Å². The average molecular weight is 218 g/mol. The summed E-state index contributed by atoms with van der Waals surface area (Å²) in [6.45, 7) is 1.59. The molecule has 0 fully saturated rings. The number of aliphatic carboxylic acids is 1. The maximum atomic E-state index is 12.5. The predicted octanol–water partition coefficient (Wildman–Crippen LogP) is 1.94. The summed E-state index contributed by atoms with van der Waals surface area (Å²) in [7, 11) is 1.53. The molecule has 0 radical (unpaired) electrons. The van der Waals surface area contributed by atoms with E-state index in [9.17, 15) is 13.6 Å². The zero-order valence-corrected chi connectivity index (χ0v) is 8.44. The summed E-state index contributed by atoms with van der Waals surface area (Å²) in [5.74, 6) is -1.47. The van der Waals surface area contributed by atoms with Crippen LogP contribution in [0.15, 0.2) is 6.20 Å². The van der Waals surface area contributed by atoms with Crippen molar-refractivity contribution in [1.82, 2.24) is 9.78 Å². The average Bonchev–Trinajstić information content (AvgIpc) is 2.46. The second-order valence-corrected chi connectivity index (χ2v) is 3.44. The van der Waals surface area contributed by atoms with Crippen LogP contribution in [0.1, 0.15) is 36.9 Å². The Bertz CT molecular complexity index is 363. The van der Waals surface area contributed by atoms with Crippen molar-refractivity contribution in [2.75, 3.05) is 0 Å². The number of rotatable bonds is 4. The topological polar surface area (TPSA) is 55.1 Å². The van der Waals surface area contributed by atoms with E-state index in [1.165, 1.54) is 17.9 Å². The molecule has 0 bridgehead atoms. The quantitative estimate of drug-likeness (QED) is 0.840. The molecule has 0 amide bonds. The summed E-state index contributed by atoms with van der Waals surface area (Å²) in [5.41, 5.74) is -0.0267. The lowest BCUT2D eigenvalue weighted by Crippen LogP contribution is -2.04. The van der Waals surface area contributed by atoms with Crippen molar-refractivity contribution in [3.63, 3.8) is 0 Å². The zero-order valence-electron chi connectivity index (χ0n) is 8.44. The van der Waals surface area contributed by atoms with E-state index in [0.29, 0.717) is 5.56 Å². The molecular weight excluding hydrogens is 206 g/mol. The van der Waals surface area contributed by atoms with Crippen molar-refractivity contribution in [3.05, 3.63) is 17.5 Å². The van der Waals surface area contributed by atoms with Gasteiger partial charge in [-0.3, -0.25) is 9.48 Å². The van der Waals surface area contributed by atoms with Crippen LogP contribution in [0.2, 0.25) is 0 Å². The van der Waals surface area contributed by atoms with Crippen LogP contribution in [0.5, 0.6) is 0 Å². The normalized spacial score (nSPS) is 13.1. The van der Waals surface area contributed by atoms with Crippen LogP contribution in [0, 0.1) is 0 Å². The SMILES string of the molecule is CC(CC(=O)O)c1cn(C)nc1C(F)F. The van der Waals surface area contributed by atoms with Gasteiger partial charge in [0.05, 0.1) is 6.42 Å². The van der Waals surface area contributed by atoms with Crippen molar-refractivity contribution >= 4 is 5.97 Å². The molecule has 0 saturated carbocycles. The lowest BCUT2D eigenvalue weighted by atomic mass is 9.98. The third kappa shape index (κ3) is 2.74. The Morgan fingerprint density at radius 1 is 1.67 bits per heavy atom. The van der Waals surface area contributed by atoms with Gasteiger partial charge in [-0.1, -0.05) is 6.92 Å². The van der Waals surface area contributed by atoms with E-state index in [1.807, 2.05) is 0 Å². The summed E-state index contributed by atoms with van der Waals surface area (Å²) in [6, 6.07) is 0. The van der Waals surface area contributed by atoms with Crippen molar-refractivity contribution in [3.8, 4) is 0 Å². The molecule has 1 unspecified atom stereocenters. The van der Waals surface area contributed by atoms with E-state index in [-0.39, 0.29) is 12.1 Å². The zero-order chi connectivity index (χ0) is 11.6. The van der Waals surface area contributed by atoms with Gasteiger partial charge in [-0.2, -0.15) is 5.10 Å². The molecule has 15 heavy (non-hydrogen) atoms. The number of hydrogen-bond acceptors (Lipinski definition) is 2. The first kappa shape index (κ1) is 11.6. The molecule has 1 rings (SSSR count). The lowest BCUT2D eigenvalue weighted by molar-refractivity contribution is -0.137. The maximum absolute atomic E-state index is 12.5. The molecule has 84 valence electrons. The Morgan fingerprint density at radius 3 is 2.73 bits per heavy atom. The van der Waals surface area contributed by atoms with Crippen LogP contribution in [0.3, 0.4) is 0 Å². The molecule has 1 atom stereocenters. The van der Waals surface area contributed by atoms with Crippen LogP contribution < -0.4 is 0 Å². The van der Waals surface area contributed by atoms with E-state index >= 15 is 0 Å². The summed E-state index contributed by atoms with van der Waals surface area (Å²) >= 11 is 0. The molecule has 0 aliphatic carbocycles. The fourth-order valence-corrected chi connectivity index (χ4v) is 1.45. The second kappa shape index (κ2) is 4.37. The fraction of sp³-hybridized carbons (Fsp3) is 0.556. The van der Waals surface area contributed by atoms with Crippen molar-refractivity contribution < 1.29 is 18.7 Å². The van der Waals surface area contributed by atoms with Gasteiger partial charge in [0.25, 0.3) is 6.43 Å². The molecule has 1 N–H and O–H groups in total. The number of carbonyl (C=O) groups is 1. The molecule has 1 heterocycles. The summed E-state index contributed by atoms with van der Waals surface area (Å²) in [6.07, 6.45) is -1.40. The highest BCUT2D eigenvalue weighted by Gasteiger charge is 2.22. The van der Waals surface area contributed by atoms with Gasteiger partial charge >= 0.3 is 5.97 Å². The first-order valence-electron chi connectivity index (χ1n) is 4.45. The first-order valence-corrected chi connectivity index (χ1v) is 4.45. The number of hydrogen-bond donors (Lipinski definition) is 1. The molecule has 0 aromatic carbocycles. The van der Waals surface area contributed by atoms with Gasteiger partial charge in [-0.15, -0.1) is 0 Å². The smallest absolute Gasteiger partial charge is 0.303 e. The summed E-state index contributed by atoms with van der Waals surface area (Å²) in [4.78, 5) is 10.5. The van der Waals surface area contributed by atoms with E-state index in [2.05, 4.69) is 5.10 Å². The molecule has 0 spiro atoms. The van der Waals surface area contributed by atoms with Crippen LogP contribution in [0.25, 0.3) is 0 Å². The molecule has 4 nitrogen and oxygen atoms in total. The first-order chi connectivity index (χ1) is 6.91. The van der Waals surface area contributed by atoms with Gasteiger partial charge in [0.1, 0.15) is 5.69 Å². The third-order valence-corrected chi connectivity index (χ3v) is 2.11. The number of alkyl halides is 2. The van der Waals surface area contributed by atoms with Crippen molar-refractivity contribution in [2.24, 2.45) is 7.05 Å². The number of nitrogens with zero attached hydrogens (tertiary/aromatic N) is 2. The molecular formula is C9H12F2N2O2. The number of carboxylic acids is 1. The highest BCUT2D eigenvalue weighted by atomic mass is 19.3. The summed E-state index contributed by atoms with van der Waals surface area (Å²) in [5, 5.41) is 12.2. The van der Waals surface area contributed by atoms with Crippen molar-refractivity contribution in [2.45, 2.75) is 25.7 Å². The number of aromatic nitrogens is 2. The van der Waals surface area contributed by atoms with Gasteiger partial charge in [0, 0.05) is 18.8 Å². The molecule has 1 aromatic heterocycles. The van der Waals surface area contributed by atoms with Gasteiger partial charge in [0.2, 0.25) is 0 Å². The van der Waals surface area contributed by atoms with Crippen LogP contribution in [0.4, 0.5) is 8.78 Å². The minimum atomic E-state index is -2.67. The largest absolute Gasteiger partial charge is 0.481 e. The standard InChI is InChI=1S/C9H12F2N2O2/c1-5(3-7(14)15)6-4-13(2)12-8(6)9(10)11/h4-5,9H,3H2,1-2H3,(H,14,15). The fourth-order valence-electron chi connectivity index (χ4n) is 1.45. The minimum Gasteiger partial charge on any atom is -0.481 e. The molecule has 1 aromatic rings. The van der Waals surface area contributed by atoms with Gasteiger partial charge in [-0.25, -0.2) is 8.78 Å². The molecule has 0 saturated heterocycles. The van der Waals surface area contributed by atoms with Gasteiger partial charge in [0.15, 0.2) is 0 Å². The summed E-state index contributed by atoms with van der Waals surface area (Å²) < 4.78 is 26.3. The highest BCUT2D eigenvalue weighted by molar-refractivity contribution is 5.68. The van der Waals surface area contributed by atoms with Crippen LogP contribution in [-0.4, -0.2) is 20.9 Å². The minimum absolute atomic E-state index is 0.175. The number of halogens is 2. The third-order valence-electron chi connectivity index (χ3n) is 2.11. The maximum Gasteiger partial charge on any atom is 0.303 e. The predicted molar refractivity (Wildman–Crippen MR) is 48.8 cm³/mol. The monoisotopic (exact) mass is 218 g/mol. The Balaban J connectivity index is 2.96. The molecule has 0 aliphatic rings. The Kier molecular flexibility index (Phi) is 3.39. The van der Waals surface area contributed by atoms with Crippen LogP contribution in [-0.2, 0) is 11.8 Å². The van der Waals surface area contributed by atoms with Gasteiger partial charge in [-0.05, 0) is 5.92 Å². The van der Waals surface area contributed by atoms with E-state index in [4.69, 9.17) is 5.11 Å². The molecule has 6 heteroatoms. The number of carboxylic acid groups (broad SMARTS) is 1. The Labute approximate surface area is 85.5 Å².